The Kier molecular flexibility index (Phi) is 4.03. The number of aryl methyl sites for hydroxylation is 2. The molecule has 0 N–H and O–H groups in total. The quantitative estimate of drug-likeness (QED) is 0.833. The second kappa shape index (κ2) is 6.33. The van der Waals surface area contributed by atoms with Crippen LogP contribution < -0.4 is 0 Å². The number of hydrogen-bond donors (Lipinski definition) is 0. The maximum atomic E-state index is 12.8. The van der Waals surface area contributed by atoms with Gasteiger partial charge in [-0.1, -0.05) is 0 Å². The van der Waals surface area contributed by atoms with Crippen LogP contribution >= 0.6 is 0 Å². The zero-order valence-corrected chi connectivity index (χ0v) is 14.1. The minimum atomic E-state index is 0.0350. The lowest BCUT2D eigenvalue weighted by molar-refractivity contribution is 0.0670. The Balaban J connectivity index is 1.38. The molecule has 128 valence electrons. The van der Waals surface area contributed by atoms with Gasteiger partial charge in [-0.05, 0) is 31.6 Å². The van der Waals surface area contributed by atoms with Crippen LogP contribution in [0.2, 0.25) is 0 Å². The van der Waals surface area contributed by atoms with Crippen LogP contribution in [0.15, 0.2) is 6.33 Å². The summed E-state index contributed by atoms with van der Waals surface area (Å²) in [4.78, 5) is 14.7. The topological polar surface area (TPSA) is 81.7 Å². The maximum Gasteiger partial charge on any atom is 0.291 e. The number of rotatable bonds is 3. The first-order valence-electron chi connectivity index (χ1n) is 8.76. The van der Waals surface area contributed by atoms with E-state index in [9.17, 15) is 4.79 Å². The van der Waals surface area contributed by atoms with Crippen LogP contribution in [0.3, 0.4) is 0 Å². The lowest BCUT2D eigenvalue weighted by Crippen LogP contribution is -2.40. The number of piperidine rings is 1. The SMILES string of the molecule is Cn1cnnc1CC1CCN(C(=O)c2nnc3n2CCCC3)CC1. The third-order valence-corrected chi connectivity index (χ3v) is 5.23. The van der Waals surface area contributed by atoms with Crippen LogP contribution in [-0.2, 0) is 26.4 Å². The Hall–Kier alpha value is -2.25. The summed E-state index contributed by atoms with van der Waals surface area (Å²) in [5.74, 6) is 3.10. The molecule has 4 heterocycles. The van der Waals surface area contributed by atoms with Crippen molar-refractivity contribution in [2.24, 2.45) is 13.0 Å². The summed E-state index contributed by atoms with van der Waals surface area (Å²) in [5, 5.41) is 16.5. The van der Waals surface area contributed by atoms with E-state index in [4.69, 9.17) is 0 Å². The van der Waals surface area contributed by atoms with Crippen molar-refractivity contribution in [3.63, 3.8) is 0 Å². The molecule has 0 radical (unpaired) electrons. The van der Waals surface area contributed by atoms with Gasteiger partial charge < -0.3 is 14.0 Å². The average molecular weight is 329 g/mol. The van der Waals surface area contributed by atoms with Crippen LogP contribution in [0.4, 0.5) is 0 Å². The predicted molar refractivity (Wildman–Crippen MR) is 86.3 cm³/mol. The Morgan fingerprint density at radius 3 is 2.75 bits per heavy atom. The number of amides is 1. The van der Waals surface area contributed by atoms with E-state index in [2.05, 4.69) is 20.4 Å². The van der Waals surface area contributed by atoms with Crippen molar-refractivity contribution >= 4 is 5.91 Å². The summed E-state index contributed by atoms with van der Waals surface area (Å²) in [6.07, 6.45) is 7.84. The predicted octanol–water partition coefficient (Wildman–Crippen LogP) is 0.838. The molecule has 0 atom stereocenters. The molecule has 1 saturated heterocycles. The van der Waals surface area contributed by atoms with Gasteiger partial charge in [-0.3, -0.25) is 4.79 Å². The summed E-state index contributed by atoms with van der Waals surface area (Å²) < 4.78 is 3.98. The number of carbonyl (C=O) groups is 1. The van der Waals surface area contributed by atoms with E-state index >= 15 is 0 Å². The Morgan fingerprint density at radius 2 is 2.00 bits per heavy atom. The van der Waals surface area contributed by atoms with Gasteiger partial charge in [0.05, 0.1) is 0 Å². The van der Waals surface area contributed by atoms with Crippen molar-refractivity contribution in [2.45, 2.75) is 45.1 Å². The zero-order valence-electron chi connectivity index (χ0n) is 14.1. The lowest BCUT2D eigenvalue weighted by Gasteiger charge is -2.31. The number of nitrogens with zero attached hydrogens (tertiary/aromatic N) is 7. The summed E-state index contributed by atoms with van der Waals surface area (Å²) in [6.45, 7) is 2.43. The minimum absolute atomic E-state index is 0.0350. The Morgan fingerprint density at radius 1 is 1.17 bits per heavy atom. The molecule has 0 spiro atoms. The number of fused-ring (bicyclic) bond motifs is 1. The third kappa shape index (κ3) is 2.81. The molecule has 0 aliphatic carbocycles. The summed E-state index contributed by atoms with van der Waals surface area (Å²) >= 11 is 0. The van der Waals surface area contributed by atoms with Gasteiger partial charge in [0.2, 0.25) is 5.82 Å². The number of hydrogen-bond acceptors (Lipinski definition) is 5. The highest BCUT2D eigenvalue weighted by atomic mass is 16.2. The second-order valence-electron chi connectivity index (χ2n) is 6.85. The number of aromatic nitrogens is 6. The molecule has 4 rings (SSSR count). The lowest BCUT2D eigenvalue weighted by atomic mass is 9.93. The normalized spacial score (nSPS) is 18.6. The van der Waals surface area contributed by atoms with Crippen LogP contribution in [-0.4, -0.2) is 53.4 Å². The van der Waals surface area contributed by atoms with Gasteiger partial charge in [0.25, 0.3) is 5.91 Å². The van der Waals surface area contributed by atoms with Crippen LogP contribution in [0, 0.1) is 5.92 Å². The number of likely N-dealkylation sites (tertiary alicyclic amines) is 1. The van der Waals surface area contributed by atoms with Gasteiger partial charge in [0.1, 0.15) is 18.0 Å². The fourth-order valence-electron chi connectivity index (χ4n) is 3.70. The van der Waals surface area contributed by atoms with E-state index in [0.717, 1.165) is 69.8 Å². The fourth-order valence-corrected chi connectivity index (χ4v) is 3.70. The molecule has 1 amide bonds. The molecule has 8 heteroatoms. The standard InChI is InChI=1S/C16H23N7O/c1-21-11-17-18-14(21)10-12-5-8-22(9-6-12)16(24)15-20-19-13-4-2-3-7-23(13)15/h11-12H,2-10H2,1H3. The molecule has 8 nitrogen and oxygen atoms in total. The van der Waals surface area contributed by atoms with Crippen LogP contribution in [0.1, 0.15) is 48.0 Å². The zero-order chi connectivity index (χ0) is 16.5. The van der Waals surface area contributed by atoms with E-state index in [0.29, 0.717) is 11.7 Å². The van der Waals surface area contributed by atoms with Crippen molar-refractivity contribution in [1.29, 1.82) is 0 Å². The summed E-state index contributed by atoms with van der Waals surface area (Å²) in [7, 11) is 1.97. The fraction of sp³-hybridized carbons (Fsp3) is 0.688. The molecule has 2 aromatic heterocycles. The molecule has 24 heavy (non-hydrogen) atoms. The maximum absolute atomic E-state index is 12.8. The molecule has 1 fully saturated rings. The highest BCUT2D eigenvalue weighted by Crippen LogP contribution is 2.23. The second-order valence-corrected chi connectivity index (χ2v) is 6.85. The summed E-state index contributed by atoms with van der Waals surface area (Å²) in [6, 6.07) is 0. The van der Waals surface area contributed by atoms with Gasteiger partial charge in [-0.25, -0.2) is 0 Å². The molecule has 0 saturated carbocycles. The molecular weight excluding hydrogens is 306 g/mol. The molecule has 2 aromatic rings. The Labute approximate surface area is 140 Å². The van der Waals surface area contributed by atoms with E-state index in [-0.39, 0.29) is 5.91 Å². The molecule has 2 aliphatic rings. The third-order valence-electron chi connectivity index (χ3n) is 5.23. The van der Waals surface area contributed by atoms with Crippen molar-refractivity contribution < 1.29 is 4.79 Å². The monoisotopic (exact) mass is 329 g/mol. The number of carbonyl (C=O) groups excluding carboxylic acids is 1. The first kappa shape index (κ1) is 15.3. The molecule has 0 unspecified atom stereocenters. The van der Waals surface area contributed by atoms with Gasteiger partial charge >= 0.3 is 0 Å². The van der Waals surface area contributed by atoms with E-state index in [1.165, 1.54) is 0 Å². The van der Waals surface area contributed by atoms with Gasteiger partial charge in [0.15, 0.2) is 0 Å². The van der Waals surface area contributed by atoms with Crippen molar-refractivity contribution in [3.05, 3.63) is 23.8 Å². The van der Waals surface area contributed by atoms with E-state index in [1.54, 1.807) is 6.33 Å². The smallest absolute Gasteiger partial charge is 0.291 e. The largest absolute Gasteiger partial charge is 0.336 e. The van der Waals surface area contributed by atoms with Crippen LogP contribution in [0.5, 0.6) is 0 Å². The minimum Gasteiger partial charge on any atom is -0.336 e. The van der Waals surface area contributed by atoms with E-state index < -0.39 is 0 Å². The molecule has 2 aliphatic heterocycles. The van der Waals surface area contributed by atoms with Gasteiger partial charge in [-0.2, -0.15) is 0 Å². The average Bonchev–Trinajstić information content (AvgIpc) is 3.21. The first-order valence-corrected chi connectivity index (χ1v) is 8.76. The highest BCUT2D eigenvalue weighted by molar-refractivity contribution is 5.90. The van der Waals surface area contributed by atoms with Gasteiger partial charge in [0, 0.05) is 39.5 Å². The summed E-state index contributed by atoms with van der Waals surface area (Å²) in [5.41, 5.74) is 0. The van der Waals surface area contributed by atoms with Crippen molar-refractivity contribution in [1.82, 2.24) is 34.4 Å². The first-order chi connectivity index (χ1) is 11.7. The molecular formula is C16H23N7O. The molecule has 0 aromatic carbocycles. The Bertz CT molecular complexity index is 727. The highest BCUT2D eigenvalue weighted by Gasteiger charge is 2.29. The van der Waals surface area contributed by atoms with Crippen LogP contribution in [0.25, 0.3) is 0 Å². The van der Waals surface area contributed by atoms with Crippen molar-refractivity contribution in [3.8, 4) is 0 Å². The van der Waals surface area contributed by atoms with E-state index in [1.807, 2.05) is 21.1 Å². The molecule has 0 bridgehead atoms. The van der Waals surface area contributed by atoms with Crippen molar-refractivity contribution in [2.75, 3.05) is 13.1 Å². The van der Waals surface area contributed by atoms with Gasteiger partial charge in [-0.15, -0.1) is 20.4 Å².